The Morgan fingerprint density at radius 1 is 1.07 bits per heavy atom. The van der Waals surface area contributed by atoms with Crippen LogP contribution in [-0.2, 0) is 6.61 Å². The van der Waals surface area contributed by atoms with Gasteiger partial charge in [0.05, 0.1) is 7.11 Å². The SMILES string of the molecule is COc1cc([C@H](N2CCNCC2)C(C)(C)CO)ccc1OCc1ccccc1.Cl. The summed E-state index contributed by atoms with van der Waals surface area (Å²) in [6, 6.07) is 16.4. The van der Waals surface area contributed by atoms with E-state index >= 15 is 0 Å². The van der Waals surface area contributed by atoms with Crippen molar-refractivity contribution in [3.05, 3.63) is 59.7 Å². The van der Waals surface area contributed by atoms with Crippen LogP contribution in [0.3, 0.4) is 0 Å². The van der Waals surface area contributed by atoms with Crippen molar-refractivity contribution in [2.45, 2.75) is 26.5 Å². The first-order valence-electron chi connectivity index (χ1n) is 9.95. The second-order valence-electron chi connectivity index (χ2n) is 8.02. The Hall–Kier alpha value is -1.79. The van der Waals surface area contributed by atoms with E-state index in [9.17, 15) is 5.11 Å². The highest BCUT2D eigenvalue weighted by Crippen LogP contribution is 2.41. The first-order valence-corrected chi connectivity index (χ1v) is 9.95. The van der Waals surface area contributed by atoms with E-state index < -0.39 is 0 Å². The Bertz CT molecular complexity index is 749. The van der Waals surface area contributed by atoms with Crippen LogP contribution in [0.15, 0.2) is 48.5 Å². The van der Waals surface area contributed by atoms with Crippen molar-refractivity contribution in [2.75, 3.05) is 39.9 Å². The number of nitrogens with one attached hydrogen (secondary N) is 1. The zero-order valence-electron chi connectivity index (χ0n) is 17.6. The lowest BCUT2D eigenvalue weighted by Gasteiger charge is -2.43. The van der Waals surface area contributed by atoms with Crippen molar-refractivity contribution in [1.29, 1.82) is 0 Å². The molecule has 1 saturated heterocycles. The van der Waals surface area contributed by atoms with Crippen LogP contribution in [0.4, 0.5) is 0 Å². The van der Waals surface area contributed by atoms with Gasteiger partial charge in [-0.2, -0.15) is 0 Å². The quantitative estimate of drug-likeness (QED) is 0.682. The summed E-state index contributed by atoms with van der Waals surface area (Å²) in [4.78, 5) is 2.45. The summed E-state index contributed by atoms with van der Waals surface area (Å²) < 4.78 is 11.6. The first kappa shape index (κ1) is 23.5. The van der Waals surface area contributed by atoms with E-state index in [1.54, 1.807) is 7.11 Å². The number of nitrogens with zero attached hydrogens (tertiary/aromatic N) is 1. The van der Waals surface area contributed by atoms with Crippen LogP contribution in [0.5, 0.6) is 11.5 Å². The fourth-order valence-electron chi connectivity index (χ4n) is 3.89. The van der Waals surface area contributed by atoms with Crippen molar-refractivity contribution >= 4 is 12.4 Å². The Labute approximate surface area is 180 Å². The largest absolute Gasteiger partial charge is 0.493 e. The van der Waals surface area contributed by atoms with E-state index in [4.69, 9.17) is 9.47 Å². The third-order valence-electron chi connectivity index (χ3n) is 5.41. The average Bonchev–Trinajstić information content (AvgIpc) is 2.74. The fourth-order valence-corrected chi connectivity index (χ4v) is 3.89. The Kier molecular flexibility index (Phi) is 8.78. The van der Waals surface area contributed by atoms with E-state index in [-0.39, 0.29) is 30.5 Å². The zero-order chi connectivity index (χ0) is 20.0. The number of aliphatic hydroxyl groups is 1. The minimum atomic E-state index is -0.269. The van der Waals surface area contributed by atoms with Gasteiger partial charge in [0.2, 0.25) is 0 Å². The molecule has 1 heterocycles. The van der Waals surface area contributed by atoms with E-state index in [1.165, 1.54) is 0 Å². The summed E-state index contributed by atoms with van der Waals surface area (Å²) >= 11 is 0. The monoisotopic (exact) mass is 420 g/mol. The predicted molar refractivity (Wildman–Crippen MR) is 119 cm³/mol. The van der Waals surface area contributed by atoms with Gasteiger partial charge in [-0.15, -0.1) is 12.4 Å². The molecular weight excluding hydrogens is 388 g/mol. The van der Waals surface area contributed by atoms with Gasteiger partial charge in [-0.05, 0) is 23.3 Å². The molecule has 1 aliphatic heterocycles. The third kappa shape index (κ3) is 5.86. The van der Waals surface area contributed by atoms with Crippen LogP contribution < -0.4 is 14.8 Å². The molecule has 2 N–H and O–H groups in total. The van der Waals surface area contributed by atoms with E-state index in [0.717, 1.165) is 48.8 Å². The van der Waals surface area contributed by atoms with Crippen LogP contribution in [0, 0.1) is 5.41 Å². The summed E-state index contributed by atoms with van der Waals surface area (Å²) in [6.45, 7) is 8.71. The van der Waals surface area contributed by atoms with Gasteiger partial charge in [-0.25, -0.2) is 0 Å². The van der Waals surface area contributed by atoms with Gasteiger partial charge in [-0.1, -0.05) is 50.2 Å². The Morgan fingerprint density at radius 3 is 2.38 bits per heavy atom. The van der Waals surface area contributed by atoms with Crippen molar-refractivity contribution < 1.29 is 14.6 Å². The highest BCUT2D eigenvalue weighted by molar-refractivity contribution is 5.85. The molecular formula is C23H33ClN2O3. The van der Waals surface area contributed by atoms with Gasteiger partial charge in [0, 0.05) is 44.2 Å². The first-order chi connectivity index (χ1) is 13.5. The number of piperazine rings is 1. The fraction of sp³-hybridized carbons (Fsp3) is 0.478. The number of benzene rings is 2. The molecule has 5 nitrogen and oxygen atoms in total. The van der Waals surface area contributed by atoms with Gasteiger partial charge >= 0.3 is 0 Å². The Morgan fingerprint density at radius 2 is 1.76 bits per heavy atom. The lowest BCUT2D eigenvalue weighted by molar-refractivity contribution is 0.0304. The highest BCUT2D eigenvalue weighted by atomic mass is 35.5. The standard InChI is InChI=1S/C23H32N2O3.ClH/c1-23(2,17-26)22(25-13-11-24-12-14-25)19-9-10-20(21(15-19)27-3)28-16-18-7-5-4-6-8-18;/h4-10,15,22,24,26H,11-14,16-17H2,1-3H3;1H/t22-;/m0./s1. The van der Waals surface area contributed by atoms with Gasteiger partial charge < -0.3 is 19.9 Å². The maximum Gasteiger partial charge on any atom is 0.161 e. The molecule has 0 spiro atoms. The molecule has 1 atom stereocenters. The molecule has 0 unspecified atom stereocenters. The molecule has 6 heteroatoms. The summed E-state index contributed by atoms with van der Waals surface area (Å²) in [6.07, 6.45) is 0. The molecule has 0 radical (unpaired) electrons. The van der Waals surface area contributed by atoms with Crippen LogP contribution in [-0.4, -0.2) is 49.9 Å². The molecule has 0 amide bonds. The van der Waals surface area contributed by atoms with Gasteiger partial charge in [0.1, 0.15) is 6.61 Å². The molecule has 2 aromatic rings. The van der Waals surface area contributed by atoms with E-state index in [2.05, 4.69) is 36.2 Å². The number of hydrogen-bond donors (Lipinski definition) is 2. The molecule has 0 saturated carbocycles. The van der Waals surface area contributed by atoms with Gasteiger partial charge in [-0.3, -0.25) is 4.90 Å². The molecule has 0 aliphatic carbocycles. The second-order valence-corrected chi connectivity index (χ2v) is 8.02. The van der Waals surface area contributed by atoms with Gasteiger partial charge in [0.15, 0.2) is 11.5 Å². The topological polar surface area (TPSA) is 54.0 Å². The number of ether oxygens (including phenoxy) is 2. The molecule has 1 aliphatic rings. The lowest BCUT2D eigenvalue weighted by Crippen LogP contribution is -2.49. The minimum absolute atomic E-state index is 0. The number of aliphatic hydroxyl groups excluding tert-OH is 1. The maximum absolute atomic E-state index is 10.0. The smallest absolute Gasteiger partial charge is 0.161 e. The number of hydrogen-bond acceptors (Lipinski definition) is 5. The van der Waals surface area contributed by atoms with Crippen LogP contribution in [0.1, 0.15) is 31.0 Å². The molecule has 29 heavy (non-hydrogen) atoms. The summed E-state index contributed by atoms with van der Waals surface area (Å²) in [5.74, 6) is 1.46. The van der Waals surface area contributed by atoms with Crippen LogP contribution in [0.25, 0.3) is 0 Å². The number of methoxy groups -OCH3 is 1. The molecule has 0 aromatic heterocycles. The Balaban J connectivity index is 0.00000300. The summed E-state index contributed by atoms with van der Waals surface area (Å²) in [5, 5.41) is 13.5. The number of rotatable bonds is 8. The second kappa shape index (κ2) is 10.8. The molecule has 0 bridgehead atoms. The zero-order valence-corrected chi connectivity index (χ0v) is 18.4. The highest BCUT2D eigenvalue weighted by Gasteiger charge is 2.36. The molecule has 3 rings (SSSR count). The number of halogens is 1. The maximum atomic E-state index is 10.0. The van der Waals surface area contributed by atoms with E-state index in [1.807, 2.05) is 36.4 Å². The predicted octanol–water partition coefficient (Wildman–Crippen LogP) is 3.66. The van der Waals surface area contributed by atoms with Crippen molar-refractivity contribution in [2.24, 2.45) is 5.41 Å². The molecule has 1 fully saturated rings. The molecule has 2 aromatic carbocycles. The van der Waals surface area contributed by atoms with E-state index in [0.29, 0.717) is 6.61 Å². The normalized spacial score (nSPS) is 16.0. The lowest BCUT2D eigenvalue weighted by atomic mass is 9.79. The van der Waals surface area contributed by atoms with Crippen LogP contribution >= 0.6 is 12.4 Å². The van der Waals surface area contributed by atoms with Gasteiger partial charge in [0.25, 0.3) is 0 Å². The molecule has 160 valence electrons. The average molecular weight is 421 g/mol. The van der Waals surface area contributed by atoms with Crippen molar-refractivity contribution in [3.63, 3.8) is 0 Å². The van der Waals surface area contributed by atoms with Crippen molar-refractivity contribution in [1.82, 2.24) is 10.2 Å². The minimum Gasteiger partial charge on any atom is -0.493 e. The summed E-state index contributed by atoms with van der Waals surface area (Å²) in [7, 11) is 1.67. The van der Waals surface area contributed by atoms with Crippen molar-refractivity contribution in [3.8, 4) is 11.5 Å². The third-order valence-corrected chi connectivity index (χ3v) is 5.41. The summed E-state index contributed by atoms with van der Waals surface area (Å²) in [5.41, 5.74) is 1.99. The van der Waals surface area contributed by atoms with Crippen LogP contribution in [0.2, 0.25) is 0 Å².